The van der Waals surface area contributed by atoms with E-state index in [9.17, 15) is 0 Å². The van der Waals surface area contributed by atoms with Gasteiger partial charge in [-0.15, -0.1) is 0 Å². The summed E-state index contributed by atoms with van der Waals surface area (Å²) < 4.78 is 2.74. The van der Waals surface area contributed by atoms with Crippen molar-refractivity contribution in [3.05, 3.63) is 29.0 Å². The average Bonchev–Trinajstić information content (AvgIpc) is 2.61. The molecule has 0 saturated heterocycles. The number of hydrogen-bond donors (Lipinski definition) is 1. The van der Waals surface area contributed by atoms with Crippen LogP contribution in [0.25, 0.3) is 10.9 Å². The van der Waals surface area contributed by atoms with E-state index >= 15 is 0 Å². The predicted octanol–water partition coefficient (Wildman–Crippen LogP) is 2.58. The van der Waals surface area contributed by atoms with Crippen molar-refractivity contribution in [3.63, 3.8) is 0 Å². The highest BCUT2D eigenvalue weighted by atomic mass is 32.1. The van der Waals surface area contributed by atoms with Crippen LogP contribution in [0, 0.1) is 4.77 Å². The molecule has 15 heavy (non-hydrogen) atoms. The summed E-state index contributed by atoms with van der Waals surface area (Å²) in [6.07, 6.45) is 0. The van der Waals surface area contributed by atoms with Crippen LogP contribution in [0.5, 0.6) is 0 Å². The van der Waals surface area contributed by atoms with Crippen molar-refractivity contribution in [2.45, 2.75) is 19.5 Å². The van der Waals surface area contributed by atoms with Crippen LogP contribution in [-0.4, -0.2) is 15.6 Å². The summed E-state index contributed by atoms with van der Waals surface area (Å²) >= 11 is 5.27. The van der Waals surface area contributed by atoms with Crippen LogP contribution in [0.3, 0.4) is 0 Å². The maximum absolute atomic E-state index is 5.27. The number of para-hydroxylation sites is 1. The number of aromatic nitrogens is 2. The maximum Gasteiger partial charge on any atom is 0.201 e. The van der Waals surface area contributed by atoms with Gasteiger partial charge in [0, 0.05) is 18.0 Å². The van der Waals surface area contributed by atoms with Gasteiger partial charge in [-0.2, -0.15) is 0 Å². The minimum Gasteiger partial charge on any atom is -0.367 e. The summed E-state index contributed by atoms with van der Waals surface area (Å²) in [6.45, 7) is 3.06. The van der Waals surface area contributed by atoms with Gasteiger partial charge in [-0.25, -0.2) is 4.98 Å². The van der Waals surface area contributed by atoms with E-state index in [1.54, 1.807) is 0 Å². The Morgan fingerprint density at radius 2 is 2.27 bits per heavy atom. The largest absolute Gasteiger partial charge is 0.367 e. The summed E-state index contributed by atoms with van der Waals surface area (Å²) in [6, 6.07) is 8.52. The summed E-state index contributed by atoms with van der Waals surface area (Å²) in [5, 5.41) is 4.59. The number of anilines is 1. The van der Waals surface area contributed by atoms with Crippen molar-refractivity contribution in [2.24, 2.45) is 0 Å². The lowest BCUT2D eigenvalue weighted by atomic mass is 10.2. The summed E-state index contributed by atoms with van der Waals surface area (Å²) in [4.78, 5) is 4.42. The molecule has 1 aromatic carbocycles. The van der Waals surface area contributed by atoms with Crippen molar-refractivity contribution in [3.8, 4) is 0 Å². The van der Waals surface area contributed by atoms with Crippen molar-refractivity contribution in [1.29, 1.82) is 0 Å². The SMILES string of the molecule is CC1Cn2c(c3ccccc3nc2=S)N1. The third-order valence-corrected chi connectivity index (χ3v) is 3.03. The van der Waals surface area contributed by atoms with Gasteiger partial charge in [0.2, 0.25) is 4.77 Å². The second-order valence-electron chi connectivity index (χ2n) is 3.92. The zero-order valence-electron chi connectivity index (χ0n) is 8.40. The first kappa shape index (κ1) is 8.85. The molecule has 1 unspecified atom stereocenters. The van der Waals surface area contributed by atoms with Crippen LogP contribution < -0.4 is 5.32 Å². The fourth-order valence-electron chi connectivity index (χ4n) is 2.05. The molecule has 1 aromatic heterocycles. The Balaban J connectivity index is 2.43. The van der Waals surface area contributed by atoms with Crippen LogP contribution >= 0.6 is 12.2 Å². The van der Waals surface area contributed by atoms with Gasteiger partial charge in [0.25, 0.3) is 0 Å². The van der Waals surface area contributed by atoms with E-state index in [0.717, 1.165) is 23.3 Å². The number of fused-ring (bicyclic) bond motifs is 3. The normalized spacial score (nSPS) is 18.9. The Morgan fingerprint density at radius 3 is 3.13 bits per heavy atom. The fourth-order valence-corrected chi connectivity index (χ4v) is 2.32. The van der Waals surface area contributed by atoms with Gasteiger partial charge < -0.3 is 9.88 Å². The van der Waals surface area contributed by atoms with E-state index < -0.39 is 0 Å². The van der Waals surface area contributed by atoms with Crippen LogP contribution in [-0.2, 0) is 6.54 Å². The van der Waals surface area contributed by atoms with Gasteiger partial charge in [-0.05, 0) is 31.3 Å². The molecule has 2 heterocycles. The fraction of sp³-hybridized carbons (Fsp3) is 0.273. The van der Waals surface area contributed by atoms with Gasteiger partial charge in [-0.3, -0.25) is 0 Å². The smallest absolute Gasteiger partial charge is 0.201 e. The molecule has 0 bridgehead atoms. The second-order valence-corrected chi connectivity index (χ2v) is 4.28. The molecule has 1 aliphatic heterocycles. The number of rotatable bonds is 0. The molecular formula is C11H11N3S. The topological polar surface area (TPSA) is 29.9 Å². The Bertz CT molecular complexity index is 588. The van der Waals surface area contributed by atoms with Gasteiger partial charge in [0.05, 0.1) is 5.52 Å². The third-order valence-electron chi connectivity index (χ3n) is 2.72. The van der Waals surface area contributed by atoms with E-state index in [1.807, 2.05) is 18.2 Å². The molecule has 4 heteroatoms. The minimum atomic E-state index is 0.430. The molecule has 1 atom stereocenters. The Labute approximate surface area is 92.8 Å². The van der Waals surface area contributed by atoms with Gasteiger partial charge in [0.15, 0.2) is 0 Å². The predicted molar refractivity (Wildman–Crippen MR) is 63.7 cm³/mol. The number of nitrogens with zero attached hydrogens (tertiary/aromatic N) is 2. The monoisotopic (exact) mass is 217 g/mol. The zero-order chi connectivity index (χ0) is 10.4. The minimum absolute atomic E-state index is 0.430. The molecule has 3 rings (SSSR count). The van der Waals surface area contributed by atoms with E-state index in [4.69, 9.17) is 12.2 Å². The zero-order valence-corrected chi connectivity index (χ0v) is 9.21. The molecular weight excluding hydrogens is 206 g/mol. The first-order valence-electron chi connectivity index (χ1n) is 5.02. The first-order valence-corrected chi connectivity index (χ1v) is 5.42. The van der Waals surface area contributed by atoms with Crippen LogP contribution in [0.15, 0.2) is 24.3 Å². The van der Waals surface area contributed by atoms with Gasteiger partial charge >= 0.3 is 0 Å². The molecule has 0 spiro atoms. The summed E-state index contributed by atoms with van der Waals surface area (Å²) in [5.41, 5.74) is 0.968. The van der Waals surface area contributed by atoms with Crippen molar-refractivity contribution in [1.82, 2.24) is 9.55 Å². The lowest BCUT2D eigenvalue weighted by molar-refractivity contribution is 0.677. The molecule has 0 amide bonds. The Morgan fingerprint density at radius 1 is 1.47 bits per heavy atom. The molecule has 2 aromatic rings. The molecule has 0 radical (unpaired) electrons. The molecule has 1 aliphatic rings. The van der Waals surface area contributed by atoms with Crippen LogP contribution in [0.2, 0.25) is 0 Å². The lowest BCUT2D eigenvalue weighted by Crippen LogP contribution is -2.09. The van der Waals surface area contributed by atoms with E-state index in [0.29, 0.717) is 10.8 Å². The van der Waals surface area contributed by atoms with Gasteiger partial charge in [-0.1, -0.05) is 12.1 Å². The number of nitrogens with one attached hydrogen (secondary N) is 1. The molecule has 0 saturated carbocycles. The third kappa shape index (κ3) is 1.25. The average molecular weight is 217 g/mol. The highest BCUT2D eigenvalue weighted by molar-refractivity contribution is 7.71. The van der Waals surface area contributed by atoms with Crippen molar-refractivity contribution >= 4 is 28.9 Å². The van der Waals surface area contributed by atoms with E-state index in [2.05, 4.69) is 27.9 Å². The summed E-state index contributed by atoms with van der Waals surface area (Å²) in [5.74, 6) is 1.11. The molecule has 0 fully saturated rings. The van der Waals surface area contributed by atoms with E-state index in [-0.39, 0.29) is 0 Å². The van der Waals surface area contributed by atoms with Crippen LogP contribution in [0.4, 0.5) is 5.82 Å². The highest BCUT2D eigenvalue weighted by Gasteiger charge is 2.19. The number of benzene rings is 1. The van der Waals surface area contributed by atoms with E-state index in [1.165, 1.54) is 0 Å². The molecule has 0 aliphatic carbocycles. The molecule has 1 N–H and O–H groups in total. The standard InChI is InChI=1S/C11H11N3S/c1-7-6-14-10(12-7)8-4-2-3-5-9(8)13-11(14)15/h2-5,7,12H,6H2,1H3. The highest BCUT2D eigenvalue weighted by Crippen LogP contribution is 2.27. The maximum atomic E-state index is 5.27. The van der Waals surface area contributed by atoms with Crippen molar-refractivity contribution < 1.29 is 0 Å². The first-order chi connectivity index (χ1) is 7.25. The van der Waals surface area contributed by atoms with Crippen molar-refractivity contribution in [2.75, 3.05) is 5.32 Å². The second kappa shape index (κ2) is 3.03. The Hall–Kier alpha value is -1.42. The summed E-state index contributed by atoms with van der Waals surface area (Å²) in [7, 11) is 0. The molecule has 3 nitrogen and oxygen atoms in total. The Kier molecular flexibility index (Phi) is 1.79. The van der Waals surface area contributed by atoms with Gasteiger partial charge in [0.1, 0.15) is 5.82 Å². The quantitative estimate of drug-likeness (QED) is 0.688. The van der Waals surface area contributed by atoms with Crippen LogP contribution in [0.1, 0.15) is 6.92 Å². The lowest BCUT2D eigenvalue weighted by Gasteiger charge is -2.06. The number of hydrogen-bond acceptors (Lipinski definition) is 3. The molecule has 76 valence electrons.